The first-order valence-corrected chi connectivity index (χ1v) is 3.60. The number of nitrogens with zero attached hydrogens (tertiary/aromatic N) is 1. The van der Waals surface area contributed by atoms with Gasteiger partial charge in [0.05, 0.1) is 0 Å². The van der Waals surface area contributed by atoms with Gasteiger partial charge in [-0.15, -0.1) is 0 Å². The summed E-state index contributed by atoms with van der Waals surface area (Å²) < 4.78 is 4.70. The van der Waals surface area contributed by atoms with Gasteiger partial charge in [0.2, 0.25) is 0 Å². The normalized spacial score (nSPS) is 8.23. The summed E-state index contributed by atoms with van der Waals surface area (Å²) in [4.78, 5) is 20.7. The number of rotatable bonds is 4. The number of hydrogen-bond donors (Lipinski definition) is 1. The van der Waals surface area contributed by atoms with Crippen molar-refractivity contribution < 1.29 is 19.4 Å². The van der Waals surface area contributed by atoms with Gasteiger partial charge in [0.15, 0.2) is 0 Å². The summed E-state index contributed by atoms with van der Waals surface area (Å²) >= 11 is 0. The molecule has 0 aromatic rings. The number of hydrogen-bond acceptors (Lipinski definition) is 4. The Labute approximate surface area is 77.6 Å². The molecule has 0 bridgehead atoms. The summed E-state index contributed by atoms with van der Waals surface area (Å²) in [6, 6.07) is 0. The van der Waals surface area contributed by atoms with Crippen LogP contribution in [0.3, 0.4) is 0 Å². The Bertz CT molecular complexity index is 156. The smallest absolute Gasteiger partial charge is 0.330 e. The van der Waals surface area contributed by atoms with E-state index in [1.807, 2.05) is 19.0 Å². The van der Waals surface area contributed by atoms with Crippen molar-refractivity contribution in [3.63, 3.8) is 0 Å². The molecular formula is C8H15NO4. The number of carbonyl (C=O) groups is 2. The van der Waals surface area contributed by atoms with E-state index >= 15 is 0 Å². The maximum Gasteiger partial charge on any atom is 0.330 e. The Morgan fingerprint density at radius 3 is 2.38 bits per heavy atom. The predicted molar refractivity (Wildman–Crippen MR) is 48.4 cm³/mol. The van der Waals surface area contributed by atoms with Crippen molar-refractivity contribution in [1.29, 1.82) is 0 Å². The van der Waals surface area contributed by atoms with E-state index in [4.69, 9.17) is 14.6 Å². The van der Waals surface area contributed by atoms with E-state index in [0.717, 1.165) is 12.6 Å². The molecule has 0 spiro atoms. The van der Waals surface area contributed by atoms with Crippen molar-refractivity contribution in [3.05, 3.63) is 12.7 Å². The molecule has 5 heteroatoms. The number of carboxylic acid groups (broad SMARTS) is 1. The topological polar surface area (TPSA) is 66.8 Å². The lowest BCUT2D eigenvalue weighted by Gasteiger charge is -2.07. The van der Waals surface area contributed by atoms with Crippen LogP contribution in [-0.2, 0) is 14.3 Å². The quantitative estimate of drug-likeness (QED) is 0.382. The number of ether oxygens (including phenoxy) is 1. The van der Waals surface area contributed by atoms with Crippen molar-refractivity contribution in [3.8, 4) is 0 Å². The van der Waals surface area contributed by atoms with E-state index in [1.54, 1.807) is 0 Å². The number of esters is 1. The van der Waals surface area contributed by atoms with Crippen LogP contribution in [0, 0.1) is 0 Å². The molecule has 0 radical (unpaired) electrons. The molecule has 0 aliphatic heterocycles. The second kappa shape index (κ2) is 10.6. The van der Waals surface area contributed by atoms with E-state index in [0.29, 0.717) is 6.61 Å². The third-order valence-corrected chi connectivity index (χ3v) is 0.949. The van der Waals surface area contributed by atoms with Crippen molar-refractivity contribution in [1.82, 2.24) is 4.90 Å². The summed E-state index contributed by atoms with van der Waals surface area (Å²) in [5, 5.41) is 6.89. The molecule has 0 heterocycles. The summed E-state index contributed by atoms with van der Waals surface area (Å²) in [7, 11) is 3.84. The maximum absolute atomic E-state index is 10.4. The van der Waals surface area contributed by atoms with E-state index in [-0.39, 0.29) is 12.4 Å². The molecule has 0 rings (SSSR count). The van der Waals surface area contributed by atoms with Crippen molar-refractivity contribution in [2.75, 3.05) is 27.2 Å². The molecule has 0 aromatic heterocycles. The molecule has 0 aliphatic carbocycles. The second-order valence-electron chi connectivity index (χ2n) is 2.28. The van der Waals surface area contributed by atoms with Gasteiger partial charge in [-0.25, -0.2) is 4.79 Å². The van der Waals surface area contributed by atoms with Crippen LogP contribution in [0.2, 0.25) is 0 Å². The minimum absolute atomic E-state index is 0.250. The van der Waals surface area contributed by atoms with Gasteiger partial charge in [-0.3, -0.25) is 4.79 Å². The van der Waals surface area contributed by atoms with Crippen LogP contribution >= 0.6 is 0 Å². The second-order valence-corrected chi connectivity index (χ2v) is 2.28. The van der Waals surface area contributed by atoms with Crippen LogP contribution in [0.1, 0.15) is 0 Å². The fraction of sp³-hybridized carbons (Fsp3) is 0.500. The first-order valence-electron chi connectivity index (χ1n) is 3.60. The molecule has 76 valence electrons. The van der Waals surface area contributed by atoms with Crippen LogP contribution in [0.15, 0.2) is 12.7 Å². The first-order chi connectivity index (χ1) is 6.08. The van der Waals surface area contributed by atoms with Gasteiger partial charge in [-0.1, -0.05) is 6.58 Å². The van der Waals surface area contributed by atoms with Crippen LogP contribution in [0.4, 0.5) is 0 Å². The predicted octanol–water partition coefficient (Wildman–Crippen LogP) is -0.0220. The van der Waals surface area contributed by atoms with E-state index in [2.05, 4.69) is 6.58 Å². The Morgan fingerprint density at radius 2 is 2.08 bits per heavy atom. The molecule has 0 atom stereocenters. The zero-order valence-corrected chi connectivity index (χ0v) is 7.90. The molecule has 0 saturated heterocycles. The molecule has 13 heavy (non-hydrogen) atoms. The molecule has 0 aromatic carbocycles. The highest BCUT2D eigenvalue weighted by Gasteiger charge is 1.94. The molecule has 0 fully saturated rings. The highest BCUT2D eigenvalue weighted by molar-refractivity contribution is 5.81. The van der Waals surface area contributed by atoms with Crippen LogP contribution in [0.5, 0.6) is 0 Å². The van der Waals surface area contributed by atoms with Gasteiger partial charge in [0.25, 0.3) is 6.47 Å². The Hall–Kier alpha value is -1.36. The fourth-order valence-electron chi connectivity index (χ4n) is 0.388. The van der Waals surface area contributed by atoms with Crippen LogP contribution < -0.4 is 0 Å². The summed E-state index contributed by atoms with van der Waals surface area (Å²) in [6.45, 7) is 4.20. The monoisotopic (exact) mass is 189 g/mol. The molecule has 0 amide bonds. The highest BCUT2D eigenvalue weighted by Crippen LogP contribution is 1.80. The lowest BCUT2D eigenvalue weighted by molar-refractivity contribution is -0.138. The van der Waals surface area contributed by atoms with E-state index in [1.165, 1.54) is 0 Å². The molecule has 0 aliphatic rings. The SMILES string of the molecule is C=CC(=O)OCCN(C)C.O=CO. The average Bonchev–Trinajstić information content (AvgIpc) is 2.05. The minimum Gasteiger partial charge on any atom is -0.483 e. The molecule has 0 unspecified atom stereocenters. The number of likely N-dealkylation sites (N-methyl/N-ethyl adjacent to an activating group) is 1. The molecule has 5 nitrogen and oxygen atoms in total. The molecular weight excluding hydrogens is 174 g/mol. The Balaban J connectivity index is 0. The third-order valence-electron chi connectivity index (χ3n) is 0.949. The fourth-order valence-corrected chi connectivity index (χ4v) is 0.388. The summed E-state index contributed by atoms with van der Waals surface area (Å²) in [6.07, 6.45) is 1.16. The Morgan fingerprint density at radius 1 is 1.62 bits per heavy atom. The van der Waals surface area contributed by atoms with Gasteiger partial charge in [-0.2, -0.15) is 0 Å². The number of carbonyl (C=O) groups excluding carboxylic acids is 1. The first kappa shape index (κ1) is 14.2. The Kier molecular flexibility index (Phi) is 11.6. The zero-order valence-electron chi connectivity index (χ0n) is 7.90. The summed E-state index contributed by atoms with van der Waals surface area (Å²) in [5.41, 5.74) is 0. The van der Waals surface area contributed by atoms with Crippen LogP contribution in [-0.4, -0.2) is 49.7 Å². The van der Waals surface area contributed by atoms with Crippen LogP contribution in [0.25, 0.3) is 0 Å². The standard InChI is InChI=1S/C7H13NO2.CH2O2/c1-4-7(9)10-6-5-8(2)3;2-1-3/h4H,1,5-6H2,2-3H3;1H,(H,2,3). The van der Waals surface area contributed by atoms with Gasteiger partial charge in [-0.05, 0) is 14.1 Å². The summed E-state index contributed by atoms with van der Waals surface area (Å²) in [5.74, 6) is -0.359. The maximum atomic E-state index is 10.4. The zero-order chi connectivity index (χ0) is 10.7. The van der Waals surface area contributed by atoms with E-state index < -0.39 is 0 Å². The minimum atomic E-state index is -0.359. The lowest BCUT2D eigenvalue weighted by Crippen LogP contribution is -2.19. The van der Waals surface area contributed by atoms with Gasteiger partial charge in [0, 0.05) is 12.6 Å². The van der Waals surface area contributed by atoms with Crippen molar-refractivity contribution in [2.24, 2.45) is 0 Å². The van der Waals surface area contributed by atoms with Gasteiger partial charge < -0.3 is 14.7 Å². The molecule has 1 N–H and O–H groups in total. The lowest BCUT2D eigenvalue weighted by atomic mass is 10.6. The van der Waals surface area contributed by atoms with Gasteiger partial charge >= 0.3 is 5.97 Å². The average molecular weight is 189 g/mol. The highest BCUT2D eigenvalue weighted by atomic mass is 16.5. The largest absolute Gasteiger partial charge is 0.483 e. The van der Waals surface area contributed by atoms with Crippen molar-refractivity contribution >= 4 is 12.4 Å². The van der Waals surface area contributed by atoms with Crippen molar-refractivity contribution in [2.45, 2.75) is 0 Å². The van der Waals surface area contributed by atoms with E-state index in [9.17, 15) is 4.79 Å². The molecule has 0 saturated carbocycles. The third kappa shape index (κ3) is 18.0. The van der Waals surface area contributed by atoms with Gasteiger partial charge in [0.1, 0.15) is 6.61 Å².